The van der Waals surface area contributed by atoms with Crippen LogP contribution in [-0.4, -0.2) is 72.6 Å². The number of nitriles is 2. The first-order valence-corrected chi connectivity index (χ1v) is 13.1. The van der Waals surface area contributed by atoms with Crippen molar-refractivity contribution in [3.05, 3.63) is 93.2 Å². The van der Waals surface area contributed by atoms with Crippen LogP contribution in [0.25, 0.3) is 0 Å². The van der Waals surface area contributed by atoms with Gasteiger partial charge in [-0.15, -0.1) is 0 Å². The average molecular weight is 549 g/mol. The van der Waals surface area contributed by atoms with Crippen LogP contribution in [0.4, 0.5) is 0 Å². The van der Waals surface area contributed by atoms with E-state index in [1.165, 1.54) is 0 Å². The maximum absolute atomic E-state index is 10.7. The lowest BCUT2D eigenvalue weighted by Crippen LogP contribution is -2.53. The van der Waals surface area contributed by atoms with Crippen molar-refractivity contribution in [1.29, 1.82) is 10.5 Å². The molecule has 2 fully saturated rings. The molecule has 2 aliphatic rings. The molecule has 2 saturated heterocycles. The molecule has 0 spiro atoms. The number of rotatable bonds is 6. The van der Waals surface area contributed by atoms with Crippen LogP contribution < -0.4 is 0 Å². The largest absolute Gasteiger partial charge is 0.379 e. The van der Waals surface area contributed by atoms with E-state index in [1.807, 2.05) is 24.3 Å². The third kappa shape index (κ3) is 4.65. The Bertz CT molecular complexity index is 1220. The van der Waals surface area contributed by atoms with E-state index >= 15 is 0 Å². The monoisotopic (exact) mass is 548 g/mol. The first kappa shape index (κ1) is 26.5. The standard InChI is InChI=1S/C28H26Cl2N6O2/c29-23-5-1-21(2-6-23)27(19-31,35-11-15-37-16-12-35)25-9-10-26(34-33-25)28(20-32,36-13-17-38-18-14-36)22-3-7-24(30)8-4-22/h1-10H,11-18H2. The minimum atomic E-state index is -1.20. The third-order valence-corrected chi connectivity index (χ3v) is 7.73. The van der Waals surface area contributed by atoms with Gasteiger partial charge in [0.1, 0.15) is 11.4 Å². The fourth-order valence-electron chi connectivity index (χ4n) is 5.27. The van der Waals surface area contributed by atoms with Crippen LogP contribution in [0.2, 0.25) is 10.0 Å². The highest BCUT2D eigenvalue weighted by molar-refractivity contribution is 6.30. The second-order valence-corrected chi connectivity index (χ2v) is 10.0. The van der Waals surface area contributed by atoms with Crippen molar-refractivity contribution in [3.63, 3.8) is 0 Å². The van der Waals surface area contributed by atoms with Gasteiger partial charge in [-0.25, -0.2) is 0 Å². The van der Waals surface area contributed by atoms with Crippen LogP contribution in [0.1, 0.15) is 22.5 Å². The van der Waals surface area contributed by atoms with Gasteiger partial charge in [-0.1, -0.05) is 47.5 Å². The van der Waals surface area contributed by atoms with Crippen LogP contribution in [0.5, 0.6) is 0 Å². The highest BCUT2D eigenvalue weighted by atomic mass is 35.5. The predicted octanol–water partition coefficient (Wildman–Crippen LogP) is 3.98. The molecular formula is C28H26Cl2N6O2. The minimum absolute atomic E-state index is 0.470. The molecule has 3 heterocycles. The number of morpholine rings is 2. The van der Waals surface area contributed by atoms with Crippen LogP contribution >= 0.6 is 23.2 Å². The Labute approximate surface area is 231 Å². The summed E-state index contributed by atoms with van der Waals surface area (Å²) in [6.07, 6.45) is 0. The number of benzene rings is 2. The van der Waals surface area contributed by atoms with Gasteiger partial charge in [0.05, 0.1) is 38.6 Å². The number of hydrogen-bond donors (Lipinski definition) is 0. The summed E-state index contributed by atoms with van der Waals surface area (Å²) < 4.78 is 11.1. The summed E-state index contributed by atoms with van der Waals surface area (Å²) in [6, 6.07) is 23.1. The highest BCUT2D eigenvalue weighted by Gasteiger charge is 2.46. The number of aromatic nitrogens is 2. The summed E-state index contributed by atoms with van der Waals surface area (Å²) in [5.74, 6) is 0. The Balaban J connectivity index is 1.64. The molecule has 2 atom stereocenters. The Hall–Kier alpha value is -3.08. The molecule has 38 heavy (non-hydrogen) atoms. The first-order valence-electron chi connectivity index (χ1n) is 12.4. The second kappa shape index (κ2) is 11.3. The number of nitrogens with zero attached hydrogens (tertiary/aromatic N) is 6. The SMILES string of the molecule is N#CC(c1ccc(Cl)cc1)(c1ccc(C(C#N)(c2ccc(Cl)cc2)N2CCOCC2)nn1)N1CCOCC1. The Morgan fingerprint density at radius 2 is 0.947 bits per heavy atom. The summed E-state index contributed by atoms with van der Waals surface area (Å²) in [6.45, 7) is 4.25. The molecule has 0 amide bonds. The zero-order chi connectivity index (χ0) is 26.6. The number of hydrogen-bond acceptors (Lipinski definition) is 8. The van der Waals surface area contributed by atoms with E-state index in [9.17, 15) is 10.5 Å². The van der Waals surface area contributed by atoms with Gasteiger partial charge in [-0.2, -0.15) is 20.7 Å². The maximum atomic E-state index is 10.7. The second-order valence-electron chi connectivity index (χ2n) is 9.16. The van der Waals surface area contributed by atoms with Crippen LogP contribution in [0.3, 0.4) is 0 Å². The first-order chi connectivity index (χ1) is 18.5. The van der Waals surface area contributed by atoms with Crippen molar-refractivity contribution in [2.75, 3.05) is 52.6 Å². The number of ether oxygens (including phenoxy) is 2. The van der Waals surface area contributed by atoms with Crippen LogP contribution in [-0.2, 0) is 20.6 Å². The molecule has 194 valence electrons. The molecule has 2 unspecified atom stereocenters. The van der Waals surface area contributed by atoms with Crippen LogP contribution in [0.15, 0.2) is 60.7 Å². The van der Waals surface area contributed by atoms with Crippen molar-refractivity contribution in [2.45, 2.75) is 11.1 Å². The van der Waals surface area contributed by atoms with Crippen molar-refractivity contribution >= 4 is 23.2 Å². The van der Waals surface area contributed by atoms with E-state index in [-0.39, 0.29) is 0 Å². The number of halogens is 2. The summed E-state index contributed by atoms with van der Waals surface area (Å²) >= 11 is 12.3. The van der Waals surface area contributed by atoms with E-state index in [1.54, 1.807) is 36.4 Å². The normalized spacial score (nSPS) is 20.0. The Morgan fingerprint density at radius 3 is 1.24 bits per heavy atom. The molecule has 2 aliphatic heterocycles. The summed E-state index contributed by atoms with van der Waals surface area (Å²) in [5, 5.41) is 31.7. The summed E-state index contributed by atoms with van der Waals surface area (Å²) in [4.78, 5) is 4.12. The molecule has 5 rings (SSSR count). The van der Waals surface area contributed by atoms with Gasteiger partial charge in [0.2, 0.25) is 0 Å². The summed E-state index contributed by atoms with van der Waals surface area (Å²) in [7, 11) is 0. The lowest BCUT2D eigenvalue weighted by Gasteiger charge is -2.42. The van der Waals surface area contributed by atoms with Crippen LogP contribution in [0, 0.1) is 22.7 Å². The van der Waals surface area contributed by atoms with Gasteiger partial charge in [-0.05, 0) is 47.5 Å². The average Bonchev–Trinajstić information content (AvgIpc) is 2.98. The van der Waals surface area contributed by atoms with E-state index in [0.717, 1.165) is 11.1 Å². The Morgan fingerprint density at radius 1 is 0.605 bits per heavy atom. The molecule has 0 bridgehead atoms. The van der Waals surface area contributed by atoms with E-state index in [0.29, 0.717) is 74.0 Å². The minimum Gasteiger partial charge on any atom is -0.379 e. The van der Waals surface area contributed by atoms with Crippen molar-refractivity contribution in [2.24, 2.45) is 0 Å². The molecular weight excluding hydrogens is 523 g/mol. The molecule has 0 saturated carbocycles. The Kier molecular flexibility index (Phi) is 7.92. The molecule has 3 aromatic rings. The molecule has 2 aromatic carbocycles. The molecule has 0 N–H and O–H groups in total. The fourth-order valence-corrected chi connectivity index (χ4v) is 5.52. The lowest BCUT2D eigenvalue weighted by atomic mass is 9.83. The van der Waals surface area contributed by atoms with Crippen molar-refractivity contribution in [3.8, 4) is 12.1 Å². The van der Waals surface area contributed by atoms with E-state index in [2.05, 4.69) is 32.1 Å². The molecule has 0 aliphatic carbocycles. The summed E-state index contributed by atoms with van der Waals surface area (Å²) in [5.41, 5.74) is 0.0235. The predicted molar refractivity (Wildman–Crippen MR) is 143 cm³/mol. The molecule has 8 nitrogen and oxygen atoms in total. The molecule has 10 heteroatoms. The fraction of sp³-hybridized carbons (Fsp3) is 0.357. The van der Waals surface area contributed by atoms with Gasteiger partial charge >= 0.3 is 0 Å². The van der Waals surface area contributed by atoms with Gasteiger partial charge in [-0.3, -0.25) is 9.80 Å². The van der Waals surface area contributed by atoms with Crippen molar-refractivity contribution < 1.29 is 9.47 Å². The smallest absolute Gasteiger partial charge is 0.179 e. The van der Waals surface area contributed by atoms with Gasteiger partial charge < -0.3 is 9.47 Å². The zero-order valence-corrected chi connectivity index (χ0v) is 22.2. The van der Waals surface area contributed by atoms with E-state index < -0.39 is 11.1 Å². The van der Waals surface area contributed by atoms with Gasteiger partial charge in [0, 0.05) is 36.2 Å². The topological polar surface area (TPSA) is 98.3 Å². The molecule has 0 radical (unpaired) electrons. The van der Waals surface area contributed by atoms with Gasteiger partial charge in [0.25, 0.3) is 0 Å². The third-order valence-electron chi connectivity index (χ3n) is 7.22. The van der Waals surface area contributed by atoms with E-state index in [4.69, 9.17) is 32.7 Å². The maximum Gasteiger partial charge on any atom is 0.179 e. The highest BCUT2D eigenvalue weighted by Crippen LogP contribution is 2.39. The quantitative estimate of drug-likeness (QED) is 0.456. The lowest BCUT2D eigenvalue weighted by molar-refractivity contribution is 0.00358. The van der Waals surface area contributed by atoms with Crippen molar-refractivity contribution in [1.82, 2.24) is 20.0 Å². The molecule has 1 aromatic heterocycles. The van der Waals surface area contributed by atoms with Gasteiger partial charge in [0.15, 0.2) is 11.1 Å². The zero-order valence-electron chi connectivity index (χ0n) is 20.7.